The van der Waals surface area contributed by atoms with Gasteiger partial charge in [0.1, 0.15) is 11.8 Å². The van der Waals surface area contributed by atoms with Gasteiger partial charge < -0.3 is 20.3 Å². The van der Waals surface area contributed by atoms with E-state index in [9.17, 15) is 9.59 Å². The minimum atomic E-state index is -0.397. The number of likely N-dealkylation sites (N-methyl/N-ethyl adjacent to an activating group) is 1. The molecule has 0 radical (unpaired) electrons. The fourth-order valence-electron chi connectivity index (χ4n) is 1.78. The highest BCUT2D eigenvalue weighted by molar-refractivity contribution is 5.90. The van der Waals surface area contributed by atoms with Crippen LogP contribution >= 0.6 is 0 Å². The predicted molar refractivity (Wildman–Crippen MR) is 79.1 cm³/mol. The van der Waals surface area contributed by atoms with E-state index in [0.717, 1.165) is 0 Å². The molecule has 1 rings (SSSR count). The van der Waals surface area contributed by atoms with Gasteiger partial charge in [0, 0.05) is 26.7 Å². The van der Waals surface area contributed by atoms with E-state index in [4.69, 9.17) is 4.74 Å². The van der Waals surface area contributed by atoms with Gasteiger partial charge in [-0.25, -0.2) is 0 Å². The molecular weight excluding hydrogens is 258 g/mol. The summed E-state index contributed by atoms with van der Waals surface area (Å²) in [5.41, 5.74) is 1.30. The molecule has 6 heteroatoms. The van der Waals surface area contributed by atoms with Gasteiger partial charge >= 0.3 is 0 Å². The number of hydrogen-bond donors (Lipinski definition) is 2. The Morgan fingerprint density at radius 2 is 1.95 bits per heavy atom. The minimum Gasteiger partial charge on any atom is -0.495 e. The van der Waals surface area contributed by atoms with E-state index in [2.05, 4.69) is 10.6 Å². The maximum absolute atomic E-state index is 11.9. The molecule has 0 bridgehead atoms. The summed E-state index contributed by atoms with van der Waals surface area (Å²) in [6.45, 7) is 3.21. The lowest BCUT2D eigenvalue weighted by Gasteiger charge is -2.20. The first-order chi connectivity index (χ1) is 9.35. The summed E-state index contributed by atoms with van der Waals surface area (Å²) in [5, 5.41) is 5.78. The van der Waals surface area contributed by atoms with Crippen molar-refractivity contribution in [3.05, 3.63) is 18.2 Å². The van der Waals surface area contributed by atoms with Crippen LogP contribution < -0.4 is 15.4 Å². The first-order valence-electron chi connectivity index (χ1n) is 6.28. The molecule has 2 amide bonds. The molecule has 1 aromatic carbocycles. The van der Waals surface area contributed by atoms with E-state index >= 15 is 0 Å². The van der Waals surface area contributed by atoms with Crippen molar-refractivity contribution in [3.8, 4) is 5.75 Å². The molecule has 1 atom stereocenters. The first-order valence-corrected chi connectivity index (χ1v) is 6.28. The van der Waals surface area contributed by atoms with Crippen molar-refractivity contribution in [2.45, 2.75) is 19.9 Å². The predicted octanol–water partition coefficient (Wildman–Crippen LogP) is 1.54. The molecule has 6 nitrogen and oxygen atoms in total. The van der Waals surface area contributed by atoms with Gasteiger partial charge in [-0.15, -0.1) is 0 Å². The molecule has 0 fully saturated rings. The first kappa shape index (κ1) is 15.8. The molecule has 0 aliphatic carbocycles. The van der Waals surface area contributed by atoms with Crippen LogP contribution in [0.4, 0.5) is 11.4 Å². The Morgan fingerprint density at radius 1 is 1.30 bits per heavy atom. The summed E-state index contributed by atoms with van der Waals surface area (Å²) in [6.07, 6.45) is 0. The van der Waals surface area contributed by atoms with Gasteiger partial charge in [0.05, 0.1) is 12.8 Å². The van der Waals surface area contributed by atoms with Crippen LogP contribution in [0.3, 0.4) is 0 Å². The zero-order chi connectivity index (χ0) is 15.3. The second-order valence-electron chi connectivity index (χ2n) is 4.69. The van der Waals surface area contributed by atoms with Crippen LogP contribution in [0.1, 0.15) is 13.8 Å². The van der Waals surface area contributed by atoms with Crippen molar-refractivity contribution in [2.75, 3.05) is 31.8 Å². The average Bonchev–Trinajstić information content (AvgIpc) is 2.37. The number of ether oxygens (including phenoxy) is 1. The molecule has 0 saturated carbocycles. The van der Waals surface area contributed by atoms with Crippen LogP contribution in [0.25, 0.3) is 0 Å². The zero-order valence-corrected chi connectivity index (χ0v) is 12.5. The van der Waals surface area contributed by atoms with E-state index in [1.165, 1.54) is 11.8 Å². The maximum Gasteiger partial charge on any atom is 0.244 e. The van der Waals surface area contributed by atoms with Gasteiger partial charge in [0.15, 0.2) is 0 Å². The number of nitrogens with zero attached hydrogens (tertiary/aromatic N) is 1. The number of amides is 2. The largest absolute Gasteiger partial charge is 0.495 e. The molecule has 0 spiro atoms. The van der Waals surface area contributed by atoms with E-state index < -0.39 is 6.04 Å². The Kier molecular flexibility index (Phi) is 5.37. The van der Waals surface area contributed by atoms with Crippen molar-refractivity contribution in [3.63, 3.8) is 0 Å². The van der Waals surface area contributed by atoms with Crippen molar-refractivity contribution < 1.29 is 14.3 Å². The molecule has 0 aliphatic rings. The third-order valence-corrected chi connectivity index (χ3v) is 2.70. The van der Waals surface area contributed by atoms with E-state index in [1.54, 1.807) is 46.3 Å². The van der Waals surface area contributed by atoms with Gasteiger partial charge in [0.2, 0.25) is 11.8 Å². The lowest BCUT2D eigenvalue weighted by molar-refractivity contribution is -0.129. The highest BCUT2D eigenvalue weighted by Gasteiger charge is 2.16. The van der Waals surface area contributed by atoms with Crippen LogP contribution in [0.15, 0.2) is 18.2 Å². The lowest BCUT2D eigenvalue weighted by Crippen LogP contribution is -2.36. The number of anilines is 2. The van der Waals surface area contributed by atoms with Crippen LogP contribution in [0.5, 0.6) is 5.75 Å². The van der Waals surface area contributed by atoms with E-state index in [-0.39, 0.29) is 11.8 Å². The summed E-state index contributed by atoms with van der Waals surface area (Å²) in [6, 6.07) is 4.82. The van der Waals surface area contributed by atoms with Crippen molar-refractivity contribution in [2.24, 2.45) is 0 Å². The number of hydrogen-bond acceptors (Lipinski definition) is 4. The van der Waals surface area contributed by atoms with Crippen LogP contribution in [0.2, 0.25) is 0 Å². The summed E-state index contributed by atoms with van der Waals surface area (Å²) in [7, 11) is 4.95. The smallest absolute Gasteiger partial charge is 0.244 e. The molecule has 0 heterocycles. The molecule has 0 aromatic heterocycles. The molecule has 0 aliphatic heterocycles. The second-order valence-corrected chi connectivity index (χ2v) is 4.69. The Labute approximate surface area is 119 Å². The number of rotatable bonds is 5. The Bertz CT molecular complexity index is 500. The van der Waals surface area contributed by atoms with Crippen LogP contribution in [-0.4, -0.2) is 44.0 Å². The van der Waals surface area contributed by atoms with Gasteiger partial charge in [0.25, 0.3) is 0 Å². The van der Waals surface area contributed by atoms with Crippen molar-refractivity contribution in [1.29, 1.82) is 0 Å². The fourth-order valence-corrected chi connectivity index (χ4v) is 1.78. The number of nitrogens with one attached hydrogen (secondary N) is 2. The summed E-state index contributed by atoms with van der Waals surface area (Å²) < 4.78 is 5.25. The highest BCUT2D eigenvalue weighted by Crippen LogP contribution is 2.28. The second kappa shape index (κ2) is 6.79. The SMILES string of the molecule is COc1ccc(NC(C)=O)cc1N[C@H](C)C(=O)N(C)C. The molecule has 0 unspecified atom stereocenters. The number of carbonyl (C=O) groups excluding carboxylic acids is 2. The normalized spacial score (nSPS) is 11.4. The Morgan fingerprint density at radius 3 is 2.45 bits per heavy atom. The quantitative estimate of drug-likeness (QED) is 0.857. The monoisotopic (exact) mass is 279 g/mol. The molecule has 2 N–H and O–H groups in total. The van der Waals surface area contributed by atoms with Crippen LogP contribution in [-0.2, 0) is 9.59 Å². The summed E-state index contributed by atoms with van der Waals surface area (Å²) in [5.74, 6) is 0.410. The molecule has 0 saturated heterocycles. The van der Waals surface area contributed by atoms with Gasteiger partial charge in [-0.05, 0) is 25.1 Å². The van der Waals surface area contributed by atoms with Gasteiger partial charge in [-0.2, -0.15) is 0 Å². The van der Waals surface area contributed by atoms with Gasteiger partial charge in [-0.1, -0.05) is 0 Å². The number of methoxy groups -OCH3 is 1. The van der Waals surface area contributed by atoms with E-state index in [1.807, 2.05) is 0 Å². The highest BCUT2D eigenvalue weighted by atomic mass is 16.5. The van der Waals surface area contributed by atoms with E-state index in [0.29, 0.717) is 17.1 Å². The molecular formula is C14H21N3O3. The molecule has 20 heavy (non-hydrogen) atoms. The van der Waals surface area contributed by atoms with Crippen molar-refractivity contribution >= 4 is 23.2 Å². The zero-order valence-electron chi connectivity index (χ0n) is 12.5. The van der Waals surface area contributed by atoms with Crippen molar-refractivity contribution in [1.82, 2.24) is 4.90 Å². The van der Waals surface area contributed by atoms with Gasteiger partial charge in [-0.3, -0.25) is 9.59 Å². The average molecular weight is 279 g/mol. The summed E-state index contributed by atoms with van der Waals surface area (Å²) >= 11 is 0. The maximum atomic E-state index is 11.9. The van der Waals surface area contributed by atoms with Crippen LogP contribution in [0, 0.1) is 0 Å². The molecule has 110 valence electrons. The Hall–Kier alpha value is -2.24. The standard InChI is InChI=1S/C14H21N3O3/c1-9(14(19)17(3)4)15-12-8-11(16-10(2)18)6-7-13(12)20-5/h6-9,15H,1-5H3,(H,16,18)/t9-/m1/s1. The summed E-state index contributed by atoms with van der Waals surface area (Å²) in [4.78, 5) is 24.5. The fraction of sp³-hybridized carbons (Fsp3) is 0.429. The third-order valence-electron chi connectivity index (χ3n) is 2.70. The third kappa shape index (κ3) is 4.15. The lowest BCUT2D eigenvalue weighted by atomic mass is 10.2. The topological polar surface area (TPSA) is 70.7 Å². The molecule has 1 aromatic rings. The Balaban J connectivity index is 2.96. The number of carbonyl (C=O) groups is 2. The number of benzene rings is 1. The minimum absolute atomic E-state index is 0.0445.